The molecule has 0 saturated carbocycles. The average Bonchev–Trinajstić information content (AvgIpc) is 2.88. The van der Waals surface area contributed by atoms with Crippen molar-refractivity contribution in [1.29, 1.82) is 0 Å². The molecule has 6 heteroatoms. The SMILES string of the molecule is Cc1nc2ccccc2nc1CN1CCCn2nc(CO)cc2C1. The summed E-state index contributed by atoms with van der Waals surface area (Å²) in [4.78, 5) is 11.9. The van der Waals surface area contributed by atoms with Gasteiger partial charge in [-0.1, -0.05) is 12.1 Å². The summed E-state index contributed by atoms with van der Waals surface area (Å²) in [6.45, 7) is 5.53. The van der Waals surface area contributed by atoms with Gasteiger partial charge in [0.15, 0.2) is 0 Å². The molecule has 4 rings (SSSR count). The van der Waals surface area contributed by atoms with Gasteiger partial charge in [-0.25, -0.2) is 9.97 Å². The number of aliphatic hydroxyl groups is 1. The lowest BCUT2D eigenvalue weighted by molar-refractivity contribution is 0.256. The summed E-state index contributed by atoms with van der Waals surface area (Å²) >= 11 is 0. The van der Waals surface area contributed by atoms with E-state index in [0.717, 1.165) is 66.4 Å². The number of nitrogens with zero attached hydrogens (tertiary/aromatic N) is 5. The molecule has 0 saturated heterocycles. The van der Waals surface area contributed by atoms with Crippen LogP contribution >= 0.6 is 0 Å². The Bertz CT molecular complexity index is 873. The second kappa shape index (κ2) is 6.30. The maximum atomic E-state index is 9.29. The number of rotatable bonds is 3. The molecule has 24 heavy (non-hydrogen) atoms. The zero-order valence-corrected chi connectivity index (χ0v) is 13.8. The Morgan fingerprint density at radius 2 is 1.92 bits per heavy atom. The predicted molar refractivity (Wildman–Crippen MR) is 91.2 cm³/mol. The Hall–Kier alpha value is -2.31. The zero-order valence-electron chi connectivity index (χ0n) is 13.8. The van der Waals surface area contributed by atoms with Crippen LogP contribution in [0.15, 0.2) is 30.3 Å². The summed E-state index contributed by atoms with van der Waals surface area (Å²) in [5, 5.41) is 13.7. The van der Waals surface area contributed by atoms with Crippen LogP contribution in [0.3, 0.4) is 0 Å². The molecule has 124 valence electrons. The molecular formula is C18H21N5O. The molecule has 2 aromatic heterocycles. The van der Waals surface area contributed by atoms with E-state index in [9.17, 15) is 5.11 Å². The highest BCUT2D eigenvalue weighted by molar-refractivity contribution is 5.74. The van der Waals surface area contributed by atoms with Gasteiger partial charge >= 0.3 is 0 Å². The molecular weight excluding hydrogens is 302 g/mol. The number of aliphatic hydroxyl groups excluding tert-OH is 1. The van der Waals surface area contributed by atoms with Gasteiger partial charge in [-0.2, -0.15) is 5.10 Å². The van der Waals surface area contributed by atoms with E-state index in [0.29, 0.717) is 0 Å². The van der Waals surface area contributed by atoms with Crippen LogP contribution in [-0.4, -0.2) is 36.3 Å². The smallest absolute Gasteiger partial charge is 0.0890 e. The van der Waals surface area contributed by atoms with Crippen molar-refractivity contribution in [2.24, 2.45) is 0 Å². The quantitative estimate of drug-likeness (QED) is 0.799. The monoisotopic (exact) mass is 323 g/mol. The lowest BCUT2D eigenvalue weighted by Crippen LogP contribution is -2.24. The van der Waals surface area contributed by atoms with Crippen molar-refractivity contribution >= 4 is 11.0 Å². The molecule has 1 N–H and O–H groups in total. The molecule has 0 bridgehead atoms. The number of para-hydroxylation sites is 2. The van der Waals surface area contributed by atoms with Gasteiger partial charge in [-0.15, -0.1) is 0 Å². The summed E-state index contributed by atoms with van der Waals surface area (Å²) in [5.41, 5.74) is 5.81. The summed E-state index contributed by atoms with van der Waals surface area (Å²) in [6, 6.07) is 10.00. The maximum Gasteiger partial charge on any atom is 0.0890 e. The molecule has 0 atom stereocenters. The summed E-state index contributed by atoms with van der Waals surface area (Å²) in [6.07, 6.45) is 1.04. The van der Waals surface area contributed by atoms with Crippen LogP contribution < -0.4 is 0 Å². The lowest BCUT2D eigenvalue weighted by Gasteiger charge is -2.20. The molecule has 0 amide bonds. The van der Waals surface area contributed by atoms with Gasteiger partial charge in [-0.3, -0.25) is 9.58 Å². The van der Waals surface area contributed by atoms with Crippen LogP contribution in [0.25, 0.3) is 11.0 Å². The van der Waals surface area contributed by atoms with Crippen molar-refractivity contribution in [1.82, 2.24) is 24.6 Å². The van der Waals surface area contributed by atoms with Crippen molar-refractivity contribution in [3.8, 4) is 0 Å². The molecule has 1 aliphatic heterocycles. The van der Waals surface area contributed by atoms with Gasteiger partial charge < -0.3 is 5.11 Å². The Morgan fingerprint density at radius 1 is 1.12 bits per heavy atom. The standard InChI is InChI=1S/C18H21N5O/c1-13-18(20-17-6-3-2-5-16(17)19-13)11-22-7-4-8-23-15(10-22)9-14(12-24)21-23/h2-3,5-6,9,24H,4,7-8,10-12H2,1H3. The van der Waals surface area contributed by atoms with Gasteiger partial charge in [0.25, 0.3) is 0 Å². The van der Waals surface area contributed by atoms with Gasteiger partial charge in [-0.05, 0) is 31.5 Å². The zero-order chi connectivity index (χ0) is 16.5. The minimum absolute atomic E-state index is 0.00470. The minimum atomic E-state index is -0.00470. The van der Waals surface area contributed by atoms with Crippen molar-refractivity contribution in [3.63, 3.8) is 0 Å². The summed E-state index contributed by atoms with van der Waals surface area (Å²) in [7, 11) is 0. The molecule has 1 aliphatic rings. The molecule has 3 heterocycles. The number of aromatic nitrogens is 4. The van der Waals surface area contributed by atoms with Gasteiger partial charge in [0, 0.05) is 26.2 Å². The number of benzene rings is 1. The van der Waals surface area contributed by atoms with Crippen molar-refractivity contribution in [2.45, 2.75) is 39.6 Å². The summed E-state index contributed by atoms with van der Waals surface area (Å²) < 4.78 is 2.02. The molecule has 0 fully saturated rings. The number of aryl methyl sites for hydroxylation is 2. The third-order valence-electron chi connectivity index (χ3n) is 4.52. The molecule has 1 aromatic carbocycles. The van der Waals surface area contributed by atoms with Crippen LogP contribution in [0.4, 0.5) is 0 Å². The Labute approximate surface area is 140 Å². The first-order valence-corrected chi connectivity index (χ1v) is 8.34. The van der Waals surface area contributed by atoms with E-state index < -0.39 is 0 Å². The van der Waals surface area contributed by atoms with Gasteiger partial charge in [0.05, 0.1) is 40.4 Å². The van der Waals surface area contributed by atoms with Crippen molar-refractivity contribution in [2.75, 3.05) is 6.54 Å². The van der Waals surface area contributed by atoms with Crippen LogP contribution in [0, 0.1) is 6.92 Å². The first-order valence-electron chi connectivity index (χ1n) is 8.34. The Kier molecular flexibility index (Phi) is 4.00. The maximum absolute atomic E-state index is 9.29. The van der Waals surface area contributed by atoms with E-state index in [2.05, 4.69) is 15.0 Å². The molecule has 3 aromatic rings. The van der Waals surface area contributed by atoms with Crippen molar-refractivity contribution < 1.29 is 5.11 Å². The fourth-order valence-electron chi connectivity index (χ4n) is 3.29. The second-order valence-electron chi connectivity index (χ2n) is 6.32. The van der Waals surface area contributed by atoms with Crippen LogP contribution in [0.1, 0.15) is 29.2 Å². The Morgan fingerprint density at radius 3 is 2.71 bits per heavy atom. The third-order valence-corrected chi connectivity index (χ3v) is 4.52. The number of hydrogen-bond acceptors (Lipinski definition) is 5. The fraction of sp³-hybridized carbons (Fsp3) is 0.389. The lowest BCUT2D eigenvalue weighted by atomic mass is 10.2. The highest BCUT2D eigenvalue weighted by atomic mass is 16.3. The fourth-order valence-corrected chi connectivity index (χ4v) is 3.29. The largest absolute Gasteiger partial charge is 0.390 e. The average molecular weight is 323 g/mol. The molecule has 0 unspecified atom stereocenters. The molecule has 6 nitrogen and oxygen atoms in total. The molecule has 0 spiro atoms. The van der Waals surface area contributed by atoms with Crippen LogP contribution in [0.2, 0.25) is 0 Å². The Balaban J connectivity index is 1.59. The van der Waals surface area contributed by atoms with Gasteiger partial charge in [0.1, 0.15) is 0 Å². The van der Waals surface area contributed by atoms with Crippen molar-refractivity contribution in [3.05, 3.63) is 53.1 Å². The molecule has 0 aliphatic carbocycles. The number of hydrogen-bond donors (Lipinski definition) is 1. The minimum Gasteiger partial charge on any atom is -0.390 e. The van der Waals surface area contributed by atoms with Crippen LogP contribution in [0.5, 0.6) is 0 Å². The third kappa shape index (κ3) is 2.90. The van der Waals surface area contributed by atoms with Gasteiger partial charge in [0.2, 0.25) is 0 Å². The highest BCUT2D eigenvalue weighted by Gasteiger charge is 2.18. The first-order chi connectivity index (χ1) is 11.7. The number of fused-ring (bicyclic) bond motifs is 2. The highest BCUT2D eigenvalue weighted by Crippen LogP contribution is 2.18. The first kappa shape index (κ1) is 15.2. The van der Waals surface area contributed by atoms with E-state index in [1.165, 1.54) is 0 Å². The second-order valence-corrected chi connectivity index (χ2v) is 6.32. The predicted octanol–water partition coefficient (Wildman–Crippen LogP) is 2.03. The van der Waals surface area contributed by atoms with E-state index in [1.54, 1.807) is 0 Å². The topological polar surface area (TPSA) is 67.1 Å². The van der Waals surface area contributed by atoms with E-state index in [-0.39, 0.29) is 6.61 Å². The van der Waals surface area contributed by atoms with E-state index in [4.69, 9.17) is 4.98 Å². The molecule has 0 radical (unpaired) electrons. The van der Waals surface area contributed by atoms with Crippen LogP contribution in [-0.2, 0) is 26.2 Å². The normalized spacial score (nSPS) is 15.4. The summed E-state index contributed by atoms with van der Waals surface area (Å²) in [5.74, 6) is 0. The van der Waals surface area contributed by atoms with E-state index in [1.807, 2.05) is 41.9 Å². The van der Waals surface area contributed by atoms with E-state index >= 15 is 0 Å².